The molecular formula is C23H20ClFN2O4S. The highest BCUT2D eigenvalue weighted by Crippen LogP contribution is 2.35. The smallest absolute Gasteiger partial charge is 0.341 e. The molecule has 0 aliphatic carbocycles. The van der Waals surface area contributed by atoms with Crippen LogP contribution in [0.2, 0.25) is 5.02 Å². The third-order valence-electron chi connectivity index (χ3n) is 4.66. The highest BCUT2D eigenvalue weighted by atomic mass is 35.5. The average Bonchev–Trinajstić information content (AvgIpc) is 3.07. The fraction of sp³-hybridized carbons (Fsp3) is 0.174. The summed E-state index contributed by atoms with van der Waals surface area (Å²) in [6.45, 7) is 5.14. The van der Waals surface area contributed by atoms with E-state index in [0.29, 0.717) is 21.8 Å². The van der Waals surface area contributed by atoms with Crippen molar-refractivity contribution in [1.29, 1.82) is 0 Å². The first kappa shape index (κ1) is 23.4. The molecule has 1 heterocycles. The van der Waals surface area contributed by atoms with E-state index < -0.39 is 23.6 Å². The van der Waals surface area contributed by atoms with Crippen LogP contribution in [0, 0.1) is 19.7 Å². The number of anilines is 2. The number of thiophene rings is 1. The summed E-state index contributed by atoms with van der Waals surface area (Å²) in [5.41, 5.74) is 1.74. The molecule has 32 heavy (non-hydrogen) atoms. The fourth-order valence-corrected chi connectivity index (χ4v) is 4.25. The third kappa shape index (κ3) is 4.98. The molecule has 9 heteroatoms. The standard InChI is InChI=1S/C23H20ClFN2O4S/c1-4-31-23(30)18-13(3)19(21(29)26-17-10-6-9-16(24)12(17)2)32-22(18)27-20(28)14-7-5-8-15(25)11-14/h5-11H,4H2,1-3H3,(H,26,29)(H,27,28). The van der Waals surface area contributed by atoms with Crippen molar-refractivity contribution in [2.75, 3.05) is 17.2 Å². The highest BCUT2D eigenvalue weighted by Gasteiger charge is 2.27. The van der Waals surface area contributed by atoms with Gasteiger partial charge in [0.25, 0.3) is 11.8 Å². The van der Waals surface area contributed by atoms with Gasteiger partial charge < -0.3 is 15.4 Å². The molecular weight excluding hydrogens is 455 g/mol. The minimum atomic E-state index is -0.672. The number of nitrogens with one attached hydrogen (secondary N) is 2. The van der Waals surface area contributed by atoms with Crippen molar-refractivity contribution in [3.63, 3.8) is 0 Å². The summed E-state index contributed by atoms with van der Waals surface area (Å²) < 4.78 is 18.6. The summed E-state index contributed by atoms with van der Waals surface area (Å²) in [6.07, 6.45) is 0. The van der Waals surface area contributed by atoms with Gasteiger partial charge in [-0.25, -0.2) is 9.18 Å². The Bertz CT molecular complexity index is 1210. The third-order valence-corrected chi connectivity index (χ3v) is 6.28. The zero-order valence-corrected chi connectivity index (χ0v) is 19.1. The highest BCUT2D eigenvalue weighted by molar-refractivity contribution is 7.19. The monoisotopic (exact) mass is 474 g/mol. The maximum atomic E-state index is 13.5. The maximum Gasteiger partial charge on any atom is 0.341 e. The average molecular weight is 475 g/mol. The van der Waals surface area contributed by atoms with Crippen LogP contribution in [0.1, 0.15) is 48.4 Å². The fourth-order valence-electron chi connectivity index (χ4n) is 2.99. The van der Waals surface area contributed by atoms with E-state index in [1.165, 1.54) is 18.2 Å². The van der Waals surface area contributed by atoms with E-state index >= 15 is 0 Å². The molecule has 0 fully saturated rings. The molecule has 166 valence electrons. The largest absolute Gasteiger partial charge is 0.462 e. The Hall–Kier alpha value is -3.23. The lowest BCUT2D eigenvalue weighted by Gasteiger charge is -2.09. The lowest BCUT2D eigenvalue weighted by molar-refractivity contribution is 0.0527. The molecule has 0 saturated heterocycles. The van der Waals surface area contributed by atoms with E-state index in [-0.39, 0.29) is 27.6 Å². The van der Waals surface area contributed by atoms with Gasteiger partial charge in [-0.1, -0.05) is 23.7 Å². The summed E-state index contributed by atoms with van der Waals surface area (Å²) >= 11 is 7.06. The predicted molar refractivity (Wildman–Crippen MR) is 124 cm³/mol. The Morgan fingerprint density at radius 2 is 1.75 bits per heavy atom. The number of rotatable bonds is 6. The number of esters is 1. The molecule has 0 unspecified atom stereocenters. The lowest BCUT2D eigenvalue weighted by atomic mass is 10.1. The van der Waals surface area contributed by atoms with Crippen LogP contribution in [0.4, 0.5) is 15.1 Å². The number of carbonyl (C=O) groups is 3. The van der Waals surface area contributed by atoms with E-state index in [1.54, 1.807) is 39.0 Å². The van der Waals surface area contributed by atoms with Crippen LogP contribution in [0.3, 0.4) is 0 Å². The van der Waals surface area contributed by atoms with Crippen LogP contribution in [-0.2, 0) is 4.74 Å². The summed E-state index contributed by atoms with van der Waals surface area (Å²) in [5, 5.41) is 6.03. The molecule has 2 amide bonds. The first-order valence-corrected chi connectivity index (χ1v) is 10.9. The molecule has 0 aliphatic rings. The maximum absolute atomic E-state index is 13.5. The Morgan fingerprint density at radius 1 is 1.03 bits per heavy atom. The summed E-state index contributed by atoms with van der Waals surface area (Å²) in [6, 6.07) is 10.3. The van der Waals surface area contributed by atoms with Gasteiger partial charge in [0.15, 0.2) is 0 Å². The van der Waals surface area contributed by atoms with Gasteiger partial charge in [-0.15, -0.1) is 11.3 Å². The second kappa shape index (κ2) is 9.93. The minimum absolute atomic E-state index is 0.0754. The summed E-state index contributed by atoms with van der Waals surface area (Å²) in [7, 11) is 0. The molecule has 6 nitrogen and oxygen atoms in total. The lowest BCUT2D eigenvalue weighted by Crippen LogP contribution is -2.15. The van der Waals surface area contributed by atoms with Crippen molar-refractivity contribution in [3.05, 3.63) is 80.4 Å². The number of amides is 2. The number of halogens is 2. The van der Waals surface area contributed by atoms with Crippen LogP contribution < -0.4 is 10.6 Å². The number of benzene rings is 2. The van der Waals surface area contributed by atoms with Gasteiger partial charge in [0, 0.05) is 16.3 Å². The van der Waals surface area contributed by atoms with Crippen molar-refractivity contribution in [2.45, 2.75) is 20.8 Å². The Morgan fingerprint density at radius 3 is 2.44 bits per heavy atom. The molecule has 1 aromatic heterocycles. The van der Waals surface area contributed by atoms with Crippen LogP contribution in [0.25, 0.3) is 0 Å². The van der Waals surface area contributed by atoms with Crippen molar-refractivity contribution < 1.29 is 23.5 Å². The van der Waals surface area contributed by atoms with Crippen LogP contribution in [0.5, 0.6) is 0 Å². The molecule has 0 radical (unpaired) electrons. The van der Waals surface area contributed by atoms with E-state index in [4.69, 9.17) is 16.3 Å². The minimum Gasteiger partial charge on any atom is -0.462 e. The van der Waals surface area contributed by atoms with E-state index in [0.717, 1.165) is 17.4 Å². The normalized spacial score (nSPS) is 10.5. The van der Waals surface area contributed by atoms with Crippen LogP contribution in [0.15, 0.2) is 42.5 Å². The van der Waals surface area contributed by atoms with Gasteiger partial charge in [-0.05, 0) is 62.2 Å². The van der Waals surface area contributed by atoms with Crippen molar-refractivity contribution >= 4 is 51.4 Å². The molecule has 0 bridgehead atoms. The molecule has 3 aromatic rings. The van der Waals surface area contributed by atoms with Gasteiger partial charge in [-0.3, -0.25) is 9.59 Å². The van der Waals surface area contributed by atoms with Gasteiger partial charge in [-0.2, -0.15) is 0 Å². The van der Waals surface area contributed by atoms with Gasteiger partial charge in [0.2, 0.25) is 0 Å². The zero-order chi connectivity index (χ0) is 23.4. The Kier molecular flexibility index (Phi) is 7.27. The zero-order valence-electron chi connectivity index (χ0n) is 17.5. The summed E-state index contributed by atoms with van der Waals surface area (Å²) in [5.74, 6) is -2.32. The van der Waals surface area contributed by atoms with E-state index in [2.05, 4.69) is 10.6 Å². The molecule has 0 saturated carbocycles. The quantitative estimate of drug-likeness (QED) is 0.439. The van der Waals surface area contributed by atoms with Gasteiger partial charge in [0.05, 0.1) is 17.0 Å². The number of hydrogen-bond acceptors (Lipinski definition) is 5. The first-order valence-electron chi connectivity index (χ1n) is 9.66. The number of hydrogen-bond donors (Lipinski definition) is 2. The van der Waals surface area contributed by atoms with Gasteiger partial charge in [0.1, 0.15) is 10.8 Å². The first-order chi connectivity index (χ1) is 15.2. The molecule has 2 N–H and O–H groups in total. The van der Waals surface area contributed by atoms with E-state index in [1.807, 2.05) is 0 Å². The number of ether oxygens (including phenoxy) is 1. The van der Waals surface area contributed by atoms with Gasteiger partial charge >= 0.3 is 5.97 Å². The topological polar surface area (TPSA) is 84.5 Å². The molecule has 0 spiro atoms. The van der Waals surface area contributed by atoms with Crippen molar-refractivity contribution in [2.24, 2.45) is 0 Å². The molecule has 0 aliphatic heterocycles. The van der Waals surface area contributed by atoms with Crippen molar-refractivity contribution in [1.82, 2.24) is 0 Å². The number of carbonyl (C=O) groups excluding carboxylic acids is 3. The van der Waals surface area contributed by atoms with Crippen molar-refractivity contribution in [3.8, 4) is 0 Å². The Balaban J connectivity index is 1.97. The second-order valence-electron chi connectivity index (χ2n) is 6.81. The van der Waals surface area contributed by atoms with E-state index in [9.17, 15) is 18.8 Å². The van der Waals surface area contributed by atoms with Crippen LogP contribution >= 0.6 is 22.9 Å². The SMILES string of the molecule is CCOC(=O)c1c(NC(=O)c2cccc(F)c2)sc(C(=O)Nc2cccc(Cl)c2C)c1C. The molecule has 2 aromatic carbocycles. The predicted octanol–water partition coefficient (Wildman–Crippen LogP) is 5.84. The second-order valence-corrected chi connectivity index (χ2v) is 8.24. The Labute approximate surface area is 193 Å². The molecule has 0 atom stereocenters. The molecule has 3 rings (SSSR count). The van der Waals surface area contributed by atoms with Crippen LogP contribution in [-0.4, -0.2) is 24.4 Å². The summed E-state index contributed by atoms with van der Waals surface area (Å²) in [4.78, 5) is 38.4.